The molecule has 0 N–H and O–H groups in total. The van der Waals surface area contributed by atoms with Gasteiger partial charge in [-0.3, -0.25) is 4.79 Å². The summed E-state index contributed by atoms with van der Waals surface area (Å²) in [6, 6.07) is 14.7. The maximum absolute atomic E-state index is 12.2. The first kappa shape index (κ1) is 14.7. The van der Waals surface area contributed by atoms with E-state index in [4.69, 9.17) is 9.15 Å². The molecule has 0 atom stereocenters. The Hall–Kier alpha value is -2.88. The first-order chi connectivity index (χ1) is 11.7. The predicted octanol–water partition coefficient (Wildman–Crippen LogP) is 3.96. The van der Waals surface area contributed by atoms with E-state index in [1.54, 1.807) is 18.2 Å². The standard InChI is InChI=1S/C20H16O4/c21-17(19-11-15-4-1-2-7-18(15)24-19)12-23-20(22)16-9-8-13-5-3-6-14(13)10-16/h1-2,4,7-11H,3,5-6,12H2. The monoisotopic (exact) mass is 320 g/mol. The van der Waals surface area contributed by atoms with Crippen molar-refractivity contribution in [2.75, 3.05) is 6.61 Å². The molecule has 2 aromatic carbocycles. The molecule has 4 rings (SSSR count). The number of aryl methyl sites for hydroxylation is 2. The Morgan fingerprint density at radius 1 is 1.00 bits per heavy atom. The third-order valence-electron chi connectivity index (χ3n) is 4.37. The van der Waals surface area contributed by atoms with Crippen LogP contribution in [-0.4, -0.2) is 18.4 Å². The number of hydrogen-bond donors (Lipinski definition) is 0. The summed E-state index contributed by atoms with van der Waals surface area (Å²) >= 11 is 0. The lowest BCUT2D eigenvalue weighted by atomic mass is 10.1. The van der Waals surface area contributed by atoms with Gasteiger partial charge in [0.05, 0.1) is 5.56 Å². The smallest absolute Gasteiger partial charge is 0.338 e. The zero-order valence-electron chi connectivity index (χ0n) is 13.1. The lowest BCUT2D eigenvalue weighted by molar-refractivity contribution is 0.0468. The van der Waals surface area contributed by atoms with E-state index in [1.807, 2.05) is 30.3 Å². The van der Waals surface area contributed by atoms with Gasteiger partial charge in [0.2, 0.25) is 5.78 Å². The second-order valence-electron chi connectivity index (χ2n) is 5.98. The highest BCUT2D eigenvalue weighted by molar-refractivity contribution is 6.00. The van der Waals surface area contributed by atoms with Crippen LogP contribution in [0.2, 0.25) is 0 Å². The zero-order chi connectivity index (χ0) is 16.5. The fraction of sp³-hybridized carbons (Fsp3) is 0.200. The topological polar surface area (TPSA) is 56.5 Å². The number of ketones is 1. The van der Waals surface area contributed by atoms with Crippen molar-refractivity contribution in [2.24, 2.45) is 0 Å². The molecule has 0 bridgehead atoms. The van der Waals surface area contributed by atoms with Gasteiger partial charge in [-0.25, -0.2) is 4.79 Å². The molecule has 1 aliphatic carbocycles. The van der Waals surface area contributed by atoms with Gasteiger partial charge >= 0.3 is 5.97 Å². The van der Waals surface area contributed by atoms with E-state index in [1.165, 1.54) is 11.1 Å². The van der Waals surface area contributed by atoms with E-state index in [9.17, 15) is 9.59 Å². The van der Waals surface area contributed by atoms with E-state index in [0.717, 1.165) is 24.6 Å². The molecule has 3 aromatic rings. The van der Waals surface area contributed by atoms with Crippen molar-refractivity contribution in [3.05, 3.63) is 71.0 Å². The van der Waals surface area contributed by atoms with Crippen LogP contribution in [-0.2, 0) is 17.6 Å². The molecule has 0 saturated heterocycles. The molecule has 1 aromatic heterocycles. The Labute approximate surface area is 139 Å². The Bertz CT molecular complexity index is 903. The van der Waals surface area contributed by atoms with Gasteiger partial charge in [-0.2, -0.15) is 0 Å². The summed E-state index contributed by atoms with van der Waals surface area (Å²) < 4.78 is 10.6. The maximum Gasteiger partial charge on any atom is 0.338 e. The molecule has 0 fully saturated rings. The number of benzene rings is 2. The van der Waals surface area contributed by atoms with Crippen LogP contribution in [0.4, 0.5) is 0 Å². The van der Waals surface area contributed by atoms with Crippen molar-refractivity contribution < 1.29 is 18.7 Å². The van der Waals surface area contributed by atoms with Gasteiger partial charge in [0.15, 0.2) is 12.4 Å². The minimum atomic E-state index is -0.478. The molecule has 1 heterocycles. The molecule has 120 valence electrons. The summed E-state index contributed by atoms with van der Waals surface area (Å²) in [5.74, 6) is -0.618. The van der Waals surface area contributed by atoms with Gasteiger partial charge in [0, 0.05) is 5.39 Å². The van der Waals surface area contributed by atoms with Crippen molar-refractivity contribution in [3.8, 4) is 0 Å². The van der Waals surface area contributed by atoms with Crippen LogP contribution in [0.3, 0.4) is 0 Å². The van der Waals surface area contributed by atoms with Crippen LogP contribution in [0.5, 0.6) is 0 Å². The SMILES string of the molecule is O=C(OCC(=O)c1cc2ccccc2o1)c1ccc2c(c1)CCC2. The molecule has 24 heavy (non-hydrogen) atoms. The van der Waals surface area contributed by atoms with Crippen LogP contribution in [0.1, 0.15) is 38.5 Å². The van der Waals surface area contributed by atoms with Gasteiger partial charge in [-0.15, -0.1) is 0 Å². The quantitative estimate of drug-likeness (QED) is 0.539. The summed E-state index contributed by atoms with van der Waals surface area (Å²) in [6.45, 7) is -0.324. The van der Waals surface area contributed by atoms with Crippen LogP contribution in [0, 0.1) is 0 Å². The van der Waals surface area contributed by atoms with Gasteiger partial charge in [-0.05, 0) is 54.7 Å². The van der Waals surface area contributed by atoms with Crippen molar-refractivity contribution in [1.82, 2.24) is 0 Å². The fourth-order valence-corrected chi connectivity index (χ4v) is 3.10. The molecule has 0 radical (unpaired) electrons. The number of carbonyl (C=O) groups is 2. The third-order valence-corrected chi connectivity index (χ3v) is 4.37. The summed E-state index contributed by atoms with van der Waals surface area (Å²) in [4.78, 5) is 24.3. The predicted molar refractivity (Wildman–Crippen MR) is 89.3 cm³/mol. The molecule has 0 amide bonds. The van der Waals surface area contributed by atoms with Crippen molar-refractivity contribution in [2.45, 2.75) is 19.3 Å². The van der Waals surface area contributed by atoms with Gasteiger partial charge in [-0.1, -0.05) is 24.3 Å². The van der Waals surface area contributed by atoms with Crippen LogP contribution >= 0.6 is 0 Å². The molecule has 0 saturated carbocycles. The lowest BCUT2D eigenvalue weighted by Crippen LogP contribution is -2.14. The Balaban J connectivity index is 1.44. The van der Waals surface area contributed by atoms with E-state index in [0.29, 0.717) is 11.1 Å². The number of Topliss-reactive ketones (excluding diaryl/α,β-unsaturated/α-hetero) is 1. The zero-order valence-corrected chi connectivity index (χ0v) is 13.1. The molecule has 1 aliphatic rings. The molecule has 0 aliphatic heterocycles. The summed E-state index contributed by atoms with van der Waals surface area (Å²) in [7, 11) is 0. The third kappa shape index (κ3) is 2.71. The number of rotatable bonds is 4. The Kier molecular flexibility index (Phi) is 3.65. The molecule has 0 spiro atoms. The van der Waals surface area contributed by atoms with E-state index < -0.39 is 5.97 Å². The van der Waals surface area contributed by atoms with Gasteiger partial charge < -0.3 is 9.15 Å². The fourth-order valence-electron chi connectivity index (χ4n) is 3.10. The van der Waals surface area contributed by atoms with Gasteiger partial charge in [0.25, 0.3) is 0 Å². The maximum atomic E-state index is 12.2. The second kappa shape index (κ2) is 5.96. The minimum absolute atomic E-state index is 0.206. The van der Waals surface area contributed by atoms with Crippen LogP contribution in [0.15, 0.2) is 52.9 Å². The highest BCUT2D eigenvalue weighted by Crippen LogP contribution is 2.23. The van der Waals surface area contributed by atoms with Crippen molar-refractivity contribution in [1.29, 1.82) is 0 Å². The summed E-state index contributed by atoms with van der Waals surface area (Å²) in [5.41, 5.74) is 3.64. The molecular formula is C20H16O4. The minimum Gasteiger partial charge on any atom is -0.454 e. The number of hydrogen-bond acceptors (Lipinski definition) is 4. The normalized spacial score (nSPS) is 13.0. The van der Waals surface area contributed by atoms with E-state index >= 15 is 0 Å². The van der Waals surface area contributed by atoms with E-state index in [2.05, 4.69) is 0 Å². The Morgan fingerprint density at radius 2 is 1.83 bits per heavy atom. The number of ether oxygens (including phenoxy) is 1. The second-order valence-corrected chi connectivity index (χ2v) is 5.98. The van der Waals surface area contributed by atoms with Crippen LogP contribution < -0.4 is 0 Å². The summed E-state index contributed by atoms with van der Waals surface area (Å²) in [6.07, 6.45) is 3.18. The first-order valence-electron chi connectivity index (χ1n) is 8.01. The highest BCUT2D eigenvalue weighted by Gasteiger charge is 2.18. The Morgan fingerprint density at radius 3 is 2.71 bits per heavy atom. The molecule has 4 heteroatoms. The number of furan rings is 1. The number of para-hydroxylation sites is 1. The van der Waals surface area contributed by atoms with Crippen molar-refractivity contribution in [3.63, 3.8) is 0 Å². The van der Waals surface area contributed by atoms with Gasteiger partial charge in [0.1, 0.15) is 5.58 Å². The number of fused-ring (bicyclic) bond motifs is 2. The average Bonchev–Trinajstić information content (AvgIpc) is 3.24. The average molecular weight is 320 g/mol. The lowest BCUT2D eigenvalue weighted by Gasteiger charge is -2.05. The number of carbonyl (C=O) groups excluding carboxylic acids is 2. The molecular weight excluding hydrogens is 304 g/mol. The van der Waals surface area contributed by atoms with Crippen LogP contribution in [0.25, 0.3) is 11.0 Å². The molecule has 0 unspecified atom stereocenters. The van der Waals surface area contributed by atoms with E-state index in [-0.39, 0.29) is 18.2 Å². The van der Waals surface area contributed by atoms with Crippen molar-refractivity contribution >= 4 is 22.7 Å². The largest absolute Gasteiger partial charge is 0.454 e. The highest BCUT2D eigenvalue weighted by atomic mass is 16.5. The number of esters is 1. The first-order valence-corrected chi connectivity index (χ1v) is 8.01. The summed E-state index contributed by atoms with van der Waals surface area (Å²) in [5, 5.41) is 0.853. The molecule has 4 nitrogen and oxygen atoms in total.